The van der Waals surface area contributed by atoms with Crippen LogP contribution in [-0.4, -0.2) is 16.8 Å². The summed E-state index contributed by atoms with van der Waals surface area (Å²) in [7, 11) is 0. The smallest absolute Gasteiger partial charge is 0.222 e. The number of benzene rings is 1. The second-order valence-electron chi connectivity index (χ2n) is 6.83. The first kappa shape index (κ1) is 19.2. The molecule has 1 atom stereocenters. The molecule has 0 saturated carbocycles. The fourth-order valence-corrected chi connectivity index (χ4v) is 4.34. The first-order valence-electron chi connectivity index (χ1n) is 8.88. The maximum atomic E-state index is 9.76. The summed E-state index contributed by atoms with van der Waals surface area (Å²) in [4.78, 5) is 8.19. The average molecular weight is 425 g/mol. The zero-order chi connectivity index (χ0) is 20.7. The Hall–Kier alpha value is -3.15. The van der Waals surface area contributed by atoms with Gasteiger partial charge in [-0.3, -0.25) is 0 Å². The number of thiocarbonyl (C=S) groups is 1. The molecule has 1 unspecified atom stereocenters. The standard InChI is InChI=1S/C20H17ClN6OS/c21-13-4-2-1-3-10(13)16-11-7-9(15-17(23)26-20(29)27-18(15)24)5-6-14(11)28-19(25)12(16)8-22/h1-4,7,15-16H,5-6,25H2,(H4,23,24,26,27,29). The Morgan fingerprint density at radius 1 is 1.10 bits per heavy atom. The van der Waals surface area contributed by atoms with Gasteiger partial charge in [-0.05, 0) is 30.3 Å². The van der Waals surface area contributed by atoms with Gasteiger partial charge >= 0.3 is 0 Å². The number of halogens is 1. The van der Waals surface area contributed by atoms with Gasteiger partial charge in [0.15, 0.2) is 0 Å². The topological polar surface area (TPSA) is 136 Å². The quantitative estimate of drug-likeness (QED) is 0.624. The molecule has 3 aliphatic rings. The van der Waals surface area contributed by atoms with Crippen LogP contribution < -0.4 is 17.2 Å². The van der Waals surface area contributed by atoms with Crippen LogP contribution in [0.4, 0.5) is 0 Å². The van der Waals surface area contributed by atoms with Crippen LogP contribution in [0, 0.1) is 17.2 Å². The van der Waals surface area contributed by atoms with Crippen molar-refractivity contribution in [2.75, 3.05) is 0 Å². The van der Waals surface area contributed by atoms with Gasteiger partial charge in [0, 0.05) is 17.0 Å². The molecule has 0 fully saturated rings. The molecule has 1 aromatic rings. The summed E-state index contributed by atoms with van der Waals surface area (Å²) in [6.07, 6.45) is 3.15. The molecule has 9 heteroatoms. The maximum absolute atomic E-state index is 9.76. The zero-order valence-electron chi connectivity index (χ0n) is 15.2. The Balaban J connectivity index is 1.84. The Bertz CT molecular complexity index is 1100. The summed E-state index contributed by atoms with van der Waals surface area (Å²) in [5.74, 6) is 0.509. The lowest BCUT2D eigenvalue weighted by molar-refractivity contribution is 0.264. The highest BCUT2D eigenvalue weighted by Gasteiger charge is 2.37. The van der Waals surface area contributed by atoms with Crippen molar-refractivity contribution in [3.8, 4) is 6.07 Å². The number of hydrogen-bond acceptors (Lipinski definition) is 6. The van der Waals surface area contributed by atoms with Crippen LogP contribution in [0.15, 0.2) is 68.7 Å². The molecule has 4 rings (SSSR count). The van der Waals surface area contributed by atoms with Crippen molar-refractivity contribution in [3.63, 3.8) is 0 Å². The molecule has 2 aliphatic heterocycles. The number of amidine groups is 2. The summed E-state index contributed by atoms with van der Waals surface area (Å²) < 4.78 is 5.77. The van der Waals surface area contributed by atoms with Crippen LogP contribution in [0.2, 0.25) is 5.02 Å². The molecule has 0 amide bonds. The van der Waals surface area contributed by atoms with E-state index in [1.807, 2.05) is 24.3 Å². The molecule has 0 radical (unpaired) electrons. The Morgan fingerprint density at radius 3 is 2.45 bits per heavy atom. The van der Waals surface area contributed by atoms with Gasteiger partial charge in [0.25, 0.3) is 0 Å². The second kappa shape index (κ2) is 7.35. The summed E-state index contributed by atoms with van der Waals surface area (Å²) >= 11 is 11.5. The molecule has 0 aromatic heterocycles. The molecule has 1 aromatic carbocycles. The number of ether oxygens (including phenoxy) is 1. The molecule has 7 nitrogen and oxygen atoms in total. The van der Waals surface area contributed by atoms with Crippen molar-refractivity contribution in [2.45, 2.75) is 18.8 Å². The minimum atomic E-state index is -0.450. The number of aliphatic imine (C=N–C) groups is 2. The summed E-state index contributed by atoms with van der Waals surface area (Å²) in [6, 6.07) is 9.53. The number of nitrogens with two attached hydrogens (primary N) is 3. The highest BCUT2D eigenvalue weighted by molar-refractivity contribution is 7.80. The van der Waals surface area contributed by atoms with Gasteiger partial charge in [0.2, 0.25) is 11.0 Å². The predicted molar refractivity (Wildman–Crippen MR) is 116 cm³/mol. The third-order valence-corrected chi connectivity index (χ3v) is 5.68. The minimum absolute atomic E-state index is 0.0955. The van der Waals surface area contributed by atoms with E-state index >= 15 is 0 Å². The van der Waals surface area contributed by atoms with E-state index in [9.17, 15) is 5.26 Å². The minimum Gasteiger partial charge on any atom is -0.445 e. The molecule has 6 N–H and O–H groups in total. The molecule has 146 valence electrons. The van der Waals surface area contributed by atoms with Crippen molar-refractivity contribution in [2.24, 2.45) is 33.1 Å². The van der Waals surface area contributed by atoms with E-state index in [0.717, 1.165) is 16.7 Å². The maximum Gasteiger partial charge on any atom is 0.222 e. The van der Waals surface area contributed by atoms with Crippen LogP contribution in [0.3, 0.4) is 0 Å². The Kier molecular flexibility index (Phi) is 4.86. The fraction of sp³-hybridized carbons (Fsp3) is 0.200. The van der Waals surface area contributed by atoms with Crippen molar-refractivity contribution in [1.29, 1.82) is 5.26 Å². The molecule has 29 heavy (non-hydrogen) atoms. The van der Waals surface area contributed by atoms with E-state index in [2.05, 4.69) is 16.1 Å². The van der Waals surface area contributed by atoms with Crippen molar-refractivity contribution < 1.29 is 4.74 Å². The van der Waals surface area contributed by atoms with Gasteiger partial charge in [-0.1, -0.05) is 41.4 Å². The molecule has 2 heterocycles. The SMILES string of the molecule is N#CC1=C(N)OC2=C(C=C(C3C(N)=NC(=S)N=C3N)CC2)C1c1ccccc1Cl. The summed E-state index contributed by atoms with van der Waals surface area (Å²) in [5, 5.41) is 10.4. The molecular formula is C20H17ClN6OS. The fourth-order valence-electron chi connectivity index (χ4n) is 3.88. The highest BCUT2D eigenvalue weighted by Crippen LogP contribution is 2.46. The van der Waals surface area contributed by atoms with Crippen LogP contribution >= 0.6 is 23.8 Å². The molecule has 0 spiro atoms. The van der Waals surface area contributed by atoms with Gasteiger partial charge < -0.3 is 21.9 Å². The number of allylic oxidation sites excluding steroid dienone is 4. The third-order valence-electron chi connectivity index (χ3n) is 5.15. The van der Waals surface area contributed by atoms with E-state index in [4.69, 9.17) is 45.8 Å². The van der Waals surface area contributed by atoms with Gasteiger partial charge in [-0.2, -0.15) is 5.26 Å². The van der Waals surface area contributed by atoms with E-state index in [0.29, 0.717) is 40.9 Å². The van der Waals surface area contributed by atoms with E-state index in [-0.39, 0.29) is 11.0 Å². The second-order valence-corrected chi connectivity index (χ2v) is 7.61. The van der Waals surface area contributed by atoms with Gasteiger partial charge in [-0.15, -0.1) is 0 Å². The number of nitriles is 1. The van der Waals surface area contributed by atoms with Crippen LogP contribution in [0.5, 0.6) is 0 Å². The molecule has 0 bridgehead atoms. The van der Waals surface area contributed by atoms with Crippen LogP contribution in [0.25, 0.3) is 0 Å². The monoisotopic (exact) mass is 424 g/mol. The lowest BCUT2D eigenvalue weighted by Gasteiger charge is -2.33. The van der Waals surface area contributed by atoms with Crippen LogP contribution in [-0.2, 0) is 4.74 Å². The first-order chi connectivity index (χ1) is 13.9. The van der Waals surface area contributed by atoms with Gasteiger partial charge in [0.05, 0.1) is 11.8 Å². The van der Waals surface area contributed by atoms with Crippen molar-refractivity contribution in [1.82, 2.24) is 0 Å². The average Bonchev–Trinajstić information content (AvgIpc) is 2.67. The van der Waals surface area contributed by atoms with E-state index in [1.54, 1.807) is 6.07 Å². The van der Waals surface area contributed by atoms with Gasteiger partial charge in [0.1, 0.15) is 29.1 Å². The lowest BCUT2D eigenvalue weighted by atomic mass is 9.77. The molecular weight excluding hydrogens is 408 g/mol. The Labute approximate surface area is 177 Å². The number of nitrogens with zero attached hydrogens (tertiary/aromatic N) is 3. The largest absolute Gasteiger partial charge is 0.445 e. The third kappa shape index (κ3) is 3.28. The molecule has 0 saturated heterocycles. The Morgan fingerprint density at radius 2 is 1.79 bits per heavy atom. The van der Waals surface area contributed by atoms with E-state index in [1.165, 1.54) is 0 Å². The van der Waals surface area contributed by atoms with Crippen LogP contribution in [0.1, 0.15) is 24.3 Å². The highest BCUT2D eigenvalue weighted by atomic mass is 35.5. The predicted octanol–water partition coefficient (Wildman–Crippen LogP) is 2.75. The van der Waals surface area contributed by atoms with Crippen molar-refractivity contribution in [3.05, 3.63) is 69.3 Å². The number of hydrogen-bond donors (Lipinski definition) is 3. The normalized spacial score (nSPS) is 22.3. The molecule has 1 aliphatic carbocycles. The summed E-state index contributed by atoms with van der Waals surface area (Å²) in [6.45, 7) is 0. The first-order valence-corrected chi connectivity index (χ1v) is 9.67. The van der Waals surface area contributed by atoms with Gasteiger partial charge in [-0.25, -0.2) is 9.98 Å². The van der Waals surface area contributed by atoms with E-state index < -0.39 is 11.8 Å². The zero-order valence-corrected chi connectivity index (χ0v) is 16.8. The number of rotatable bonds is 2. The lowest BCUT2D eigenvalue weighted by Crippen LogP contribution is -2.41. The van der Waals surface area contributed by atoms with Crippen molar-refractivity contribution >= 4 is 40.6 Å². The summed E-state index contributed by atoms with van der Waals surface area (Å²) in [5.41, 5.74) is 21.1.